The van der Waals surface area contributed by atoms with E-state index in [4.69, 9.17) is 5.73 Å². The second-order valence-electron chi connectivity index (χ2n) is 11.4. The van der Waals surface area contributed by atoms with Crippen LogP contribution in [0.1, 0.15) is 67.5 Å². The zero-order valence-electron chi connectivity index (χ0n) is 24.4. The number of nitrogens with two attached hydrogens (primary N) is 1. The Kier molecular flexibility index (Phi) is 11.9. The molecule has 2 aromatic carbocycles. The maximum atomic E-state index is 11.2. The van der Waals surface area contributed by atoms with E-state index in [1.54, 1.807) is 42.3 Å². The van der Waals surface area contributed by atoms with Crippen LogP contribution >= 0.6 is 0 Å². The van der Waals surface area contributed by atoms with Crippen molar-refractivity contribution in [2.24, 2.45) is 24.9 Å². The van der Waals surface area contributed by atoms with Crippen LogP contribution in [0, 0.1) is 44.6 Å². The molecule has 0 amide bonds. The van der Waals surface area contributed by atoms with Gasteiger partial charge in [-0.2, -0.15) is 10.2 Å². The average molecular weight is 569 g/mol. The first-order valence-electron chi connectivity index (χ1n) is 12.9. The van der Waals surface area contributed by atoms with Gasteiger partial charge in [-0.25, -0.2) is 0 Å². The van der Waals surface area contributed by atoms with Crippen molar-refractivity contribution in [1.82, 2.24) is 19.6 Å². The molecule has 0 fully saturated rings. The van der Waals surface area contributed by atoms with Gasteiger partial charge in [-0.1, -0.05) is 68.9 Å². The Morgan fingerprint density at radius 1 is 0.738 bits per heavy atom. The summed E-state index contributed by atoms with van der Waals surface area (Å²) in [5.41, 5.74) is 11.4. The Hall–Kier alpha value is -4.82. The molecule has 42 heavy (non-hydrogen) atoms. The van der Waals surface area contributed by atoms with Gasteiger partial charge in [0.2, 0.25) is 0 Å². The lowest BCUT2D eigenvalue weighted by Gasteiger charge is -2.08. The molecular formula is C34H44N6O2. The van der Waals surface area contributed by atoms with E-state index in [0.717, 1.165) is 22.5 Å². The lowest BCUT2D eigenvalue weighted by atomic mass is 9.97. The Labute approximate surface area is 251 Å². The summed E-state index contributed by atoms with van der Waals surface area (Å²) in [6, 6.07) is 14.4. The number of hydrogen-bond donors (Lipinski definition) is 1. The van der Waals surface area contributed by atoms with Gasteiger partial charge in [0.1, 0.15) is 0 Å². The molecule has 4 aromatic rings. The average Bonchev–Trinajstić information content (AvgIpc) is 3.43. The van der Waals surface area contributed by atoms with E-state index in [2.05, 4.69) is 54.7 Å². The minimum atomic E-state index is -0.386. The molecule has 0 atom stereocenters. The minimum Gasteiger partial charge on any atom is -0.398 e. The fourth-order valence-corrected chi connectivity index (χ4v) is 3.75. The third kappa shape index (κ3) is 9.11. The van der Waals surface area contributed by atoms with Gasteiger partial charge in [0.25, 0.3) is 5.69 Å². The molecule has 0 aliphatic carbocycles. The van der Waals surface area contributed by atoms with Crippen molar-refractivity contribution in [2.75, 3.05) is 5.73 Å². The number of aromatic nitrogens is 4. The zero-order valence-corrected chi connectivity index (χ0v) is 24.4. The number of nitrogen functional groups attached to an aromatic ring is 1. The fourth-order valence-electron chi connectivity index (χ4n) is 3.75. The van der Waals surface area contributed by atoms with E-state index in [1.165, 1.54) is 6.07 Å². The van der Waals surface area contributed by atoms with Crippen LogP contribution in [0.25, 0.3) is 22.5 Å². The number of nitrogens with zero attached hydrogens (tertiary/aromatic N) is 5. The number of nitro groups is 1. The highest BCUT2D eigenvalue weighted by Gasteiger charge is 2.20. The zero-order chi connectivity index (χ0) is 29.7. The van der Waals surface area contributed by atoms with Crippen molar-refractivity contribution in [1.29, 1.82) is 0 Å². The van der Waals surface area contributed by atoms with Crippen molar-refractivity contribution in [2.45, 2.75) is 56.4 Å². The summed E-state index contributed by atoms with van der Waals surface area (Å²) >= 11 is 0. The Morgan fingerprint density at radius 2 is 1.14 bits per heavy atom. The van der Waals surface area contributed by atoms with Gasteiger partial charge in [0.05, 0.1) is 45.4 Å². The molecule has 0 spiro atoms. The normalized spacial score (nSPS) is 10.4. The van der Waals surface area contributed by atoms with Crippen LogP contribution < -0.4 is 5.73 Å². The highest BCUT2D eigenvalue weighted by molar-refractivity contribution is 5.78. The summed E-state index contributed by atoms with van der Waals surface area (Å²) < 4.78 is 3.44. The molecule has 0 saturated heterocycles. The van der Waals surface area contributed by atoms with Crippen LogP contribution in [0.15, 0.2) is 60.9 Å². The van der Waals surface area contributed by atoms with Gasteiger partial charge in [0, 0.05) is 42.2 Å². The van der Waals surface area contributed by atoms with Gasteiger partial charge in [-0.05, 0) is 53.7 Å². The van der Waals surface area contributed by atoms with E-state index in [0.29, 0.717) is 16.8 Å². The van der Waals surface area contributed by atoms with Crippen LogP contribution in [0.4, 0.5) is 11.4 Å². The number of anilines is 1. The summed E-state index contributed by atoms with van der Waals surface area (Å²) in [6.45, 7) is 12.3. The number of benzene rings is 2. The van der Waals surface area contributed by atoms with Crippen LogP contribution in [0.5, 0.6) is 0 Å². The molecule has 0 saturated carbocycles. The highest BCUT2D eigenvalue weighted by Crippen LogP contribution is 2.31. The first-order chi connectivity index (χ1) is 18.7. The second kappa shape index (κ2) is 14.2. The predicted molar refractivity (Wildman–Crippen MR) is 174 cm³/mol. The van der Waals surface area contributed by atoms with Gasteiger partial charge >= 0.3 is 0 Å². The number of rotatable bonds is 3. The first-order valence-corrected chi connectivity index (χ1v) is 12.9. The van der Waals surface area contributed by atoms with Gasteiger partial charge in [0.15, 0.2) is 0 Å². The monoisotopic (exact) mass is 568 g/mol. The SMILES string of the molecule is C.C.Cn1ncc(C#CC(C)(C)C)c1-c1ccccc1N.Cn1ncc(C#CC(C)(C)C)c1-c1ccccc1[N+](=O)[O-]. The molecule has 2 aromatic heterocycles. The molecule has 222 valence electrons. The molecule has 8 heteroatoms. The van der Waals surface area contributed by atoms with Crippen molar-refractivity contribution in [3.05, 3.63) is 82.2 Å². The summed E-state index contributed by atoms with van der Waals surface area (Å²) in [7, 11) is 3.67. The van der Waals surface area contributed by atoms with Crippen LogP contribution in [0.3, 0.4) is 0 Å². The molecule has 8 nitrogen and oxygen atoms in total. The Balaban J connectivity index is 0.000000403. The van der Waals surface area contributed by atoms with Crippen molar-refractivity contribution >= 4 is 11.4 Å². The largest absolute Gasteiger partial charge is 0.398 e. The molecule has 2 heterocycles. The van der Waals surface area contributed by atoms with E-state index in [9.17, 15) is 10.1 Å². The minimum absolute atomic E-state index is 0. The van der Waals surface area contributed by atoms with E-state index in [1.807, 2.05) is 56.8 Å². The maximum absolute atomic E-state index is 11.2. The van der Waals surface area contributed by atoms with Gasteiger partial charge in [-0.15, -0.1) is 0 Å². The number of hydrogen-bond acceptors (Lipinski definition) is 5. The number of nitro benzene ring substituents is 1. The predicted octanol–water partition coefficient (Wildman–Crippen LogP) is 7.73. The first kappa shape index (κ1) is 35.2. The fraction of sp³-hybridized carbons (Fsp3) is 0.353. The summed E-state index contributed by atoms with van der Waals surface area (Å²) in [5.74, 6) is 12.7. The van der Waals surface area contributed by atoms with Gasteiger partial charge < -0.3 is 5.73 Å². The smallest absolute Gasteiger partial charge is 0.278 e. The van der Waals surface area contributed by atoms with Crippen molar-refractivity contribution < 1.29 is 4.92 Å². The van der Waals surface area contributed by atoms with Crippen molar-refractivity contribution in [3.8, 4) is 46.2 Å². The number of para-hydroxylation sites is 2. The molecule has 0 aliphatic rings. The lowest BCUT2D eigenvalue weighted by Crippen LogP contribution is -2.00. The number of aryl methyl sites for hydroxylation is 2. The Morgan fingerprint density at radius 3 is 1.57 bits per heavy atom. The lowest BCUT2D eigenvalue weighted by molar-refractivity contribution is -0.384. The van der Waals surface area contributed by atoms with E-state index >= 15 is 0 Å². The van der Waals surface area contributed by atoms with Gasteiger partial charge in [-0.3, -0.25) is 19.5 Å². The van der Waals surface area contributed by atoms with Crippen LogP contribution in [-0.4, -0.2) is 24.5 Å². The summed E-state index contributed by atoms with van der Waals surface area (Å²) in [4.78, 5) is 10.8. The summed E-state index contributed by atoms with van der Waals surface area (Å²) in [5, 5.41) is 19.7. The van der Waals surface area contributed by atoms with Crippen LogP contribution in [0.2, 0.25) is 0 Å². The quantitative estimate of drug-likeness (QED) is 0.118. The van der Waals surface area contributed by atoms with E-state index in [-0.39, 0.29) is 36.3 Å². The maximum Gasteiger partial charge on any atom is 0.278 e. The topological polar surface area (TPSA) is 105 Å². The second-order valence-corrected chi connectivity index (χ2v) is 11.4. The molecule has 0 bridgehead atoms. The summed E-state index contributed by atoms with van der Waals surface area (Å²) in [6.07, 6.45) is 3.44. The molecule has 4 rings (SSSR count). The molecule has 0 aliphatic heterocycles. The Bertz CT molecular complexity index is 1640. The van der Waals surface area contributed by atoms with Crippen molar-refractivity contribution in [3.63, 3.8) is 0 Å². The molecule has 0 radical (unpaired) electrons. The molecule has 2 N–H and O–H groups in total. The van der Waals surface area contributed by atoms with Crippen LogP contribution in [-0.2, 0) is 14.1 Å². The highest BCUT2D eigenvalue weighted by atomic mass is 16.6. The standard InChI is InChI=1S/C16H17N3O2.C16H19N3.2CH4/c1-16(2,3)10-9-12-11-17-18(4)15(12)13-7-5-6-8-14(13)19(20)21;1-16(2,3)10-9-12-11-18-19(4)15(12)13-7-5-6-8-14(13)17;;/h5-8,11H,1-4H3;5-8,11H,17H2,1-4H3;2*1H4. The molecule has 0 unspecified atom stereocenters. The molecular weight excluding hydrogens is 524 g/mol. The van der Waals surface area contributed by atoms with E-state index < -0.39 is 0 Å². The third-order valence-electron chi connectivity index (χ3n) is 5.59. The third-order valence-corrected chi connectivity index (χ3v) is 5.59.